The first-order valence-electron chi connectivity index (χ1n) is 10.1. The molecule has 0 aliphatic carbocycles. The quantitative estimate of drug-likeness (QED) is 0.692. The van der Waals surface area contributed by atoms with E-state index in [4.69, 9.17) is 5.73 Å². The average Bonchev–Trinajstić information content (AvgIpc) is 2.74. The highest BCUT2D eigenvalue weighted by Gasteiger charge is 2.17. The van der Waals surface area contributed by atoms with Crippen molar-refractivity contribution in [2.45, 2.75) is 25.7 Å². The number of primary amides is 1. The van der Waals surface area contributed by atoms with Crippen LogP contribution in [0.2, 0.25) is 0 Å². The Morgan fingerprint density at radius 2 is 1.66 bits per heavy atom. The normalized spacial score (nSPS) is 14.0. The lowest BCUT2D eigenvalue weighted by Crippen LogP contribution is -2.30. The molecular formula is C24H25N3O2. The van der Waals surface area contributed by atoms with Crippen LogP contribution in [-0.2, 0) is 11.2 Å². The number of rotatable bonds is 5. The zero-order chi connectivity index (χ0) is 20.2. The van der Waals surface area contributed by atoms with Crippen molar-refractivity contribution in [3.05, 3.63) is 71.8 Å². The van der Waals surface area contributed by atoms with Crippen molar-refractivity contribution in [2.24, 2.45) is 5.73 Å². The minimum Gasteiger partial charge on any atom is -0.370 e. The highest BCUT2D eigenvalue weighted by atomic mass is 16.2. The third-order valence-electron chi connectivity index (χ3n) is 5.43. The molecule has 0 aromatic heterocycles. The number of carbonyl (C=O) groups is 2. The minimum absolute atomic E-state index is 0.111. The highest BCUT2D eigenvalue weighted by Crippen LogP contribution is 2.30. The molecule has 5 heteroatoms. The summed E-state index contributed by atoms with van der Waals surface area (Å²) in [5, 5.41) is 5.28. The first-order chi connectivity index (χ1) is 14.1. The SMILES string of the molecule is NC(=O)c1ccc(N2CCCCC2)c(NC(=O)Cc2ccc3ccccc3c2)c1. The number of anilines is 2. The maximum atomic E-state index is 12.8. The number of amides is 2. The molecule has 0 radical (unpaired) electrons. The number of nitrogens with one attached hydrogen (secondary N) is 1. The van der Waals surface area contributed by atoms with Gasteiger partial charge in [0.25, 0.3) is 0 Å². The van der Waals surface area contributed by atoms with Crippen molar-refractivity contribution in [2.75, 3.05) is 23.3 Å². The summed E-state index contributed by atoms with van der Waals surface area (Å²) in [6.45, 7) is 1.90. The van der Waals surface area contributed by atoms with Gasteiger partial charge in [-0.25, -0.2) is 0 Å². The van der Waals surface area contributed by atoms with E-state index in [-0.39, 0.29) is 12.3 Å². The van der Waals surface area contributed by atoms with Crippen LogP contribution in [0, 0.1) is 0 Å². The van der Waals surface area contributed by atoms with Gasteiger partial charge < -0.3 is 16.0 Å². The second-order valence-electron chi connectivity index (χ2n) is 7.55. The molecule has 1 aliphatic rings. The summed E-state index contributed by atoms with van der Waals surface area (Å²) >= 11 is 0. The summed E-state index contributed by atoms with van der Waals surface area (Å²) in [6, 6.07) is 19.4. The van der Waals surface area contributed by atoms with Crippen LogP contribution in [-0.4, -0.2) is 24.9 Å². The van der Waals surface area contributed by atoms with Crippen LogP contribution in [0.1, 0.15) is 35.2 Å². The lowest BCUT2D eigenvalue weighted by atomic mass is 10.0. The Hall–Kier alpha value is -3.34. The number of fused-ring (bicyclic) bond motifs is 1. The fourth-order valence-corrected chi connectivity index (χ4v) is 3.93. The van der Waals surface area contributed by atoms with Gasteiger partial charge in [-0.15, -0.1) is 0 Å². The smallest absolute Gasteiger partial charge is 0.248 e. The molecule has 1 saturated heterocycles. The van der Waals surface area contributed by atoms with Gasteiger partial charge in [0.1, 0.15) is 0 Å². The van der Waals surface area contributed by atoms with Gasteiger partial charge in [0.15, 0.2) is 0 Å². The van der Waals surface area contributed by atoms with Crippen molar-refractivity contribution in [1.29, 1.82) is 0 Å². The van der Waals surface area contributed by atoms with Crippen LogP contribution in [0.25, 0.3) is 10.8 Å². The summed E-state index contributed by atoms with van der Waals surface area (Å²) in [6.07, 6.45) is 3.74. The summed E-state index contributed by atoms with van der Waals surface area (Å²) < 4.78 is 0. The van der Waals surface area contributed by atoms with Crippen LogP contribution in [0.4, 0.5) is 11.4 Å². The number of nitrogens with two attached hydrogens (primary N) is 1. The maximum absolute atomic E-state index is 12.8. The van der Waals surface area contributed by atoms with Crippen LogP contribution < -0.4 is 16.0 Å². The Morgan fingerprint density at radius 3 is 2.41 bits per heavy atom. The van der Waals surface area contributed by atoms with Gasteiger partial charge in [-0.05, 0) is 53.8 Å². The average molecular weight is 387 g/mol. The van der Waals surface area contributed by atoms with Crippen LogP contribution in [0.5, 0.6) is 0 Å². The van der Waals surface area contributed by atoms with Crippen molar-refractivity contribution in [1.82, 2.24) is 0 Å². The Bertz CT molecular complexity index is 1050. The number of piperidine rings is 1. The van der Waals surface area contributed by atoms with Gasteiger partial charge in [-0.1, -0.05) is 42.5 Å². The number of carbonyl (C=O) groups excluding carboxylic acids is 2. The van der Waals surface area contributed by atoms with Crippen molar-refractivity contribution in [3.63, 3.8) is 0 Å². The summed E-state index contributed by atoms with van der Waals surface area (Å²) in [5.74, 6) is -0.611. The lowest BCUT2D eigenvalue weighted by Gasteiger charge is -2.30. The van der Waals surface area contributed by atoms with Crippen LogP contribution in [0.3, 0.4) is 0 Å². The molecule has 148 valence electrons. The molecule has 0 bridgehead atoms. The minimum atomic E-state index is -0.500. The molecular weight excluding hydrogens is 362 g/mol. The monoisotopic (exact) mass is 387 g/mol. The number of hydrogen-bond acceptors (Lipinski definition) is 3. The standard InChI is InChI=1S/C24H25N3O2/c25-24(29)20-10-11-22(27-12-4-1-5-13-27)21(16-20)26-23(28)15-17-8-9-18-6-2-3-7-19(18)14-17/h2-3,6-11,14,16H,1,4-5,12-13,15H2,(H2,25,29)(H,26,28). The van der Waals surface area contributed by atoms with E-state index < -0.39 is 5.91 Å². The molecule has 4 rings (SSSR count). The van der Waals surface area contributed by atoms with Crippen molar-refractivity contribution >= 4 is 34.0 Å². The Morgan fingerprint density at radius 1 is 0.897 bits per heavy atom. The molecule has 2 amide bonds. The second-order valence-corrected chi connectivity index (χ2v) is 7.55. The third kappa shape index (κ3) is 4.40. The van der Waals surface area contributed by atoms with E-state index in [2.05, 4.69) is 16.3 Å². The number of nitrogens with zero attached hydrogens (tertiary/aromatic N) is 1. The number of benzene rings is 3. The topological polar surface area (TPSA) is 75.4 Å². The molecule has 1 aliphatic heterocycles. The zero-order valence-corrected chi connectivity index (χ0v) is 16.4. The Kier molecular flexibility index (Phi) is 5.47. The van der Waals surface area contributed by atoms with Crippen LogP contribution in [0.15, 0.2) is 60.7 Å². The van der Waals surface area contributed by atoms with E-state index in [1.165, 1.54) is 6.42 Å². The van der Waals surface area contributed by atoms with Crippen LogP contribution >= 0.6 is 0 Å². The first kappa shape index (κ1) is 19.0. The van der Waals surface area contributed by atoms with E-state index in [0.29, 0.717) is 11.3 Å². The maximum Gasteiger partial charge on any atom is 0.248 e. The van der Waals surface area contributed by atoms with Gasteiger partial charge in [-0.3, -0.25) is 9.59 Å². The van der Waals surface area contributed by atoms with E-state index in [0.717, 1.165) is 48.0 Å². The predicted molar refractivity (Wildman–Crippen MR) is 117 cm³/mol. The first-order valence-corrected chi connectivity index (χ1v) is 10.1. The van der Waals surface area contributed by atoms with Gasteiger partial charge in [0.2, 0.25) is 11.8 Å². The number of hydrogen-bond donors (Lipinski definition) is 2. The van der Waals surface area contributed by atoms with E-state index >= 15 is 0 Å². The van der Waals surface area contributed by atoms with Crippen molar-refractivity contribution in [3.8, 4) is 0 Å². The summed E-state index contributed by atoms with van der Waals surface area (Å²) in [7, 11) is 0. The Balaban J connectivity index is 1.56. The van der Waals surface area contributed by atoms with E-state index in [9.17, 15) is 9.59 Å². The van der Waals surface area contributed by atoms with Crippen molar-refractivity contribution < 1.29 is 9.59 Å². The molecule has 29 heavy (non-hydrogen) atoms. The molecule has 0 spiro atoms. The van der Waals surface area contributed by atoms with Gasteiger partial charge in [0.05, 0.1) is 17.8 Å². The largest absolute Gasteiger partial charge is 0.370 e. The molecule has 0 unspecified atom stereocenters. The predicted octanol–water partition coefficient (Wildman–Crippen LogP) is 4.11. The highest BCUT2D eigenvalue weighted by molar-refractivity contribution is 6.00. The fraction of sp³-hybridized carbons (Fsp3) is 0.250. The van der Waals surface area contributed by atoms with Gasteiger partial charge in [-0.2, -0.15) is 0 Å². The lowest BCUT2D eigenvalue weighted by molar-refractivity contribution is -0.115. The molecule has 0 saturated carbocycles. The molecule has 5 nitrogen and oxygen atoms in total. The van der Waals surface area contributed by atoms with E-state index in [1.54, 1.807) is 12.1 Å². The molecule has 3 aromatic rings. The molecule has 3 aromatic carbocycles. The molecule has 1 heterocycles. The second kappa shape index (κ2) is 8.35. The molecule has 1 fully saturated rings. The Labute approximate surface area is 170 Å². The summed E-state index contributed by atoms with van der Waals surface area (Å²) in [5.41, 5.74) is 8.39. The molecule has 0 atom stereocenters. The zero-order valence-electron chi connectivity index (χ0n) is 16.4. The third-order valence-corrected chi connectivity index (χ3v) is 5.43. The summed E-state index contributed by atoms with van der Waals surface area (Å²) in [4.78, 5) is 26.7. The van der Waals surface area contributed by atoms with Gasteiger partial charge >= 0.3 is 0 Å². The fourth-order valence-electron chi connectivity index (χ4n) is 3.93. The molecule has 3 N–H and O–H groups in total. The van der Waals surface area contributed by atoms with Gasteiger partial charge in [0, 0.05) is 18.7 Å². The van der Waals surface area contributed by atoms with E-state index in [1.807, 2.05) is 42.5 Å².